The summed E-state index contributed by atoms with van der Waals surface area (Å²) in [4.78, 5) is 0. The van der Waals surface area contributed by atoms with Crippen LogP contribution in [0.3, 0.4) is 0 Å². The van der Waals surface area contributed by atoms with Crippen LogP contribution in [0.1, 0.15) is 37.3 Å². The highest BCUT2D eigenvalue weighted by molar-refractivity contribution is 5.22. The van der Waals surface area contributed by atoms with Gasteiger partial charge >= 0.3 is 6.18 Å². The summed E-state index contributed by atoms with van der Waals surface area (Å²) in [5.74, 6) is -3.47. The zero-order chi connectivity index (χ0) is 15.6. The first-order valence-electron chi connectivity index (χ1n) is 7.02. The van der Waals surface area contributed by atoms with Crippen molar-refractivity contribution in [2.45, 2.75) is 37.9 Å². The second-order valence-corrected chi connectivity index (χ2v) is 5.61. The van der Waals surface area contributed by atoms with Gasteiger partial charge in [0.1, 0.15) is 0 Å². The van der Waals surface area contributed by atoms with Crippen LogP contribution < -0.4 is 5.32 Å². The van der Waals surface area contributed by atoms with E-state index in [-0.39, 0.29) is 18.8 Å². The minimum absolute atomic E-state index is 0.0218. The van der Waals surface area contributed by atoms with Crippen molar-refractivity contribution in [1.82, 2.24) is 5.32 Å². The molecule has 1 aromatic rings. The van der Waals surface area contributed by atoms with Crippen molar-refractivity contribution in [1.29, 1.82) is 0 Å². The van der Waals surface area contributed by atoms with Gasteiger partial charge in [-0.05, 0) is 49.9 Å². The third-order valence-electron chi connectivity index (χ3n) is 4.26. The molecule has 1 aliphatic rings. The minimum Gasteiger partial charge on any atom is -0.313 e. The van der Waals surface area contributed by atoms with Gasteiger partial charge in [0.2, 0.25) is 0 Å². The molecule has 0 saturated heterocycles. The predicted octanol–water partition coefficient (Wildman–Crippen LogP) is 4.59. The average molecular weight is 307 g/mol. The summed E-state index contributed by atoms with van der Waals surface area (Å²) in [7, 11) is 1.63. The molecule has 1 aromatic carbocycles. The summed E-state index contributed by atoms with van der Waals surface area (Å²) in [6, 6.07) is 3.11. The fraction of sp³-hybridized carbons (Fsp3) is 0.600. The maximum absolute atomic E-state index is 13.3. The van der Waals surface area contributed by atoms with Gasteiger partial charge in [-0.25, -0.2) is 8.78 Å². The molecule has 0 spiro atoms. The van der Waals surface area contributed by atoms with Crippen LogP contribution in [0.2, 0.25) is 0 Å². The lowest BCUT2D eigenvalue weighted by atomic mass is 9.75. The first kappa shape index (κ1) is 16.2. The van der Waals surface area contributed by atoms with Gasteiger partial charge in [0.15, 0.2) is 11.6 Å². The quantitative estimate of drug-likeness (QED) is 0.805. The Balaban J connectivity index is 2.18. The van der Waals surface area contributed by atoms with Gasteiger partial charge in [-0.1, -0.05) is 12.5 Å². The smallest absolute Gasteiger partial charge is 0.313 e. The third-order valence-corrected chi connectivity index (χ3v) is 4.26. The zero-order valence-corrected chi connectivity index (χ0v) is 11.7. The van der Waals surface area contributed by atoms with E-state index in [1.165, 1.54) is 6.07 Å². The molecule has 0 amide bonds. The van der Waals surface area contributed by atoms with E-state index in [1.54, 1.807) is 7.05 Å². The SMILES string of the molecule is CNC(c1ccc(F)c(F)c1)C1CCCC(C(F)(F)F)C1. The highest BCUT2D eigenvalue weighted by atomic mass is 19.4. The molecule has 1 saturated carbocycles. The molecule has 0 aliphatic heterocycles. The Labute approximate surface area is 120 Å². The molecule has 3 atom stereocenters. The van der Waals surface area contributed by atoms with E-state index in [1.807, 2.05) is 0 Å². The van der Waals surface area contributed by atoms with Gasteiger partial charge in [-0.3, -0.25) is 0 Å². The van der Waals surface area contributed by atoms with E-state index >= 15 is 0 Å². The molecule has 1 aliphatic carbocycles. The van der Waals surface area contributed by atoms with Crippen LogP contribution >= 0.6 is 0 Å². The first-order valence-corrected chi connectivity index (χ1v) is 7.02. The van der Waals surface area contributed by atoms with E-state index in [2.05, 4.69) is 5.32 Å². The molecule has 6 heteroatoms. The summed E-state index contributed by atoms with van der Waals surface area (Å²) in [6.07, 6.45) is -2.87. The normalized spacial score (nSPS) is 24.9. The Kier molecular flexibility index (Phi) is 4.86. The fourth-order valence-corrected chi connectivity index (χ4v) is 3.21. The van der Waals surface area contributed by atoms with Gasteiger partial charge in [0, 0.05) is 6.04 Å². The van der Waals surface area contributed by atoms with Crippen LogP contribution in [0.4, 0.5) is 22.0 Å². The number of nitrogens with one attached hydrogen (secondary N) is 1. The molecule has 0 aromatic heterocycles. The molecule has 0 heterocycles. The van der Waals surface area contributed by atoms with Crippen molar-refractivity contribution >= 4 is 0 Å². The van der Waals surface area contributed by atoms with Gasteiger partial charge < -0.3 is 5.32 Å². The maximum Gasteiger partial charge on any atom is 0.391 e. The van der Waals surface area contributed by atoms with E-state index in [0.717, 1.165) is 12.1 Å². The van der Waals surface area contributed by atoms with E-state index in [9.17, 15) is 22.0 Å². The topological polar surface area (TPSA) is 12.0 Å². The Morgan fingerprint density at radius 2 is 1.86 bits per heavy atom. The van der Waals surface area contributed by atoms with Gasteiger partial charge in [-0.2, -0.15) is 13.2 Å². The van der Waals surface area contributed by atoms with Crippen LogP contribution in [-0.2, 0) is 0 Å². The fourth-order valence-electron chi connectivity index (χ4n) is 3.21. The standard InChI is InChI=1S/C15H18F5N/c1-21-14(10-5-6-12(16)13(17)8-10)9-3-2-4-11(7-9)15(18,19)20/h5-6,8-9,11,14,21H,2-4,7H2,1H3. The number of hydrogen-bond donors (Lipinski definition) is 1. The Morgan fingerprint density at radius 1 is 1.14 bits per heavy atom. The summed E-state index contributed by atoms with van der Waals surface area (Å²) in [5, 5.41) is 2.95. The molecule has 118 valence electrons. The summed E-state index contributed by atoms with van der Waals surface area (Å²) >= 11 is 0. The van der Waals surface area contributed by atoms with E-state index in [4.69, 9.17) is 0 Å². The van der Waals surface area contributed by atoms with Crippen molar-refractivity contribution in [3.63, 3.8) is 0 Å². The largest absolute Gasteiger partial charge is 0.391 e. The summed E-state index contributed by atoms with van der Waals surface area (Å²) < 4.78 is 64.9. The number of rotatable bonds is 3. The van der Waals surface area contributed by atoms with Crippen LogP contribution in [0.5, 0.6) is 0 Å². The van der Waals surface area contributed by atoms with Crippen LogP contribution in [-0.4, -0.2) is 13.2 Å². The summed E-state index contributed by atoms with van der Waals surface area (Å²) in [5.41, 5.74) is 0.490. The zero-order valence-electron chi connectivity index (χ0n) is 11.7. The third kappa shape index (κ3) is 3.73. The van der Waals surface area contributed by atoms with Gasteiger partial charge in [-0.15, -0.1) is 0 Å². The number of halogens is 5. The van der Waals surface area contributed by atoms with E-state index < -0.39 is 29.8 Å². The van der Waals surface area contributed by atoms with Crippen molar-refractivity contribution in [3.8, 4) is 0 Å². The lowest BCUT2D eigenvalue weighted by Gasteiger charge is -2.35. The van der Waals surface area contributed by atoms with Crippen molar-refractivity contribution in [2.24, 2.45) is 11.8 Å². The van der Waals surface area contributed by atoms with Crippen molar-refractivity contribution < 1.29 is 22.0 Å². The van der Waals surface area contributed by atoms with Crippen molar-refractivity contribution in [2.75, 3.05) is 7.05 Å². The number of alkyl halides is 3. The van der Waals surface area contributed by atoms with Crippen molar-refractivity contribution in [3.05, 3.63) is 35.4 Å². The lowest BCUT2D eigenvalue weighted by molar-refractivity contribution is -0.186. The predicted molar refractivity (Wildman–Crippen MR) is 69.7 cm³/mol. The van der Waals surface area contributed by atoms with Crippen LogP contribution in [0.15, 0.2) is 18.2 Å². The second-order valence-electron chi connectivity index (χ2n) is 5.61. The van der Waals surface area contributed by atoms with E-state index in [0.29, 0.717) is 18.4 Å². The summed E-state index contributed by atoms with van der Waals surface area (Å²) in [6.45, 7) is 0. The molecule has 0 bridgehead atoms. The number of hydrogen-bond acceptors (Lipinski definition) is 1. The molecule has 21 heavy (non-hydrogen) atoms. The number of benzene rings is 1. The van der Waals surface area contributed by atoms with Crippen LogP contribution in [0.25, 0.3) is 0 Å². The molecule has 2 rings (SSSR count). The monoisotopic (exact) mass is 307 g/mol. The Bertz CT molecular complexity index is 485. The maximum atomic E-state index is 13.3. The molecule has 3 unspecified atom stereocenters. The molecular weight excluding hydrogens is 289 g/mol. The molecule has 1 N–H and O–H groups in total. The molecule has 1 fully saturated rings. The average Bonchev–Trinajstić information content (AvgIpc) is 2.43. The Morgan fingerprint density at radius 3 is 2.43 bits per heavy atom. The van der Waals surface area contributed by atoms with Crippen LogP contribution in [0, 0.1) is 23.5 Å². The second kappa shape index (κ2) is 6.30. The highest BCUT2D eigenvalue weighted by Gasteiger charge is 2.43. The Hall–Kier alpha value is -1.17. The molecule has 1 nitrogen and oxygen atoms in total. The molecule has 0 radical (unpaired) electrons. The minimum atomic E-state index is -4.19. The van der Waals surface area contributed by atoms with Gasteiger partial charge in [0.05, 0.1) is 5.92 Å². The van der Waals surface area contributed by atoms with Gasteiger partial charge in [0.25, 0.3) is 0 Å². The first-order chi connectivity index (χ1) is 9.82. The molecular formula is C15H18F5N. The lowest BCUT2D eigenvalue weighted by Crippen LogP contribution is -2.34. The highest BCUT2D eigenvalue weighted by Crippen LogP contribution is 2.43.